The summed E-state index contributed by atoms with van der Waals surface area (Å²) in [5.41, 5.74) is 6.79. The third-order valence-electron chi connectivity index (χ3n) is 6.29. The lowest BCUT2D eigenvalue weighted by Gasteiger charge is -2.32. The summed E-state index contributed by atoms with van der Waals surface area (Å²) in [5, 5.41) is 0. The molecule has 1 amide bonds. The highest BCUT2D eigenvalue weighted by Crippen LogP contribution is 2.27. The van der Waals surface area contributed by atoms with Gasteiger partial charge in [0, 0.05) is 66.5 Å². The summed E-state index contributed by atoms with van der Waals surface area (Å²) in [6.45, 7) is 3.54. The number of piperidine rings is 1. The Morgan fingerprint density at radius 1 is 1.06 bits per heavy atom. The largest absolute Gasteiger partial charge is 0.338 e. The fraction of sp³-hybridized carbons (Fsp3) is 0.250. The summed E-state index contributed by atoms with van der Waals surface area (Å²) >= 11 is 0. The predicted octanol–water partition coefficient (Wildman–Crippen LogP) is 4.85. The Balaban J connectivity index is 1.31. The van der Waals surface area contributed by atoms with Gasteiger partial charge in [-0.1, -0.05) is 35.9 Å². The molecule has 1 aliphatic rings. The van der Waals surface area contributed by atoms with Gasteiger partial charge in [-0.2, -0.15) is 0 Å². The van der Waals surface area contributed by atoms with Gasteiger partial charge in [0.15, 0.2) is 0 Å². The Hall–Kier alpha value is -3.93. The minimum atomic E-state index is 0.0288. The van der Waals surface area contributed by atoms with Crippen LogP contribution in [0.25, 0.3) is 11.3 Å². The van der Waals surface area contributed by atoms with Crippen LogP contribution in [0.2, 0.25) is 0 Å². The summed E-state index contributed by atoms with van der Waals surface area (Å²) in [6.07, 6.45) is 9.38. The van der Waals surface area contributed by atoms with E-state index in [4.69, 9.17) is 4.98 Å². The van der Waals surface area contributed by atoms with Gasteiger partial charge in [-0.05, 0) is 49.6 Å². The molecule has 0 aliphatic carbocycles. The maximum atomic E-state index is 13.3. The fourth-order valence-electron chi connectivity index (χ4n) is 4.59. The number of aryl methyl sites for hydroxylation is 1. The quantitative estimate of drug-likeness (QED) is 0.435. The van der Waals surface area contributed by atoms with Gasteiger partial charge in [0.1, 0.15) is 6.33 Å². The molecule has 0 bridgehead atoms. The molecule has 1 fully saturated rings. The van der Waals surface area contributed by atoms with E-state index in [9.17, 15) is 4.79 Å². The number of carbonyl (C=O) groups excluding carboxylic acids is 1. The molecule has 1 aromatic carbocycles. The van der Waals surface area contributed by atoms with Gasteiger partial charge in [0.2, 0.25) is 0 Å². The lowest BCUT2D eigenvalue weighted by molar-refractivity contribution is 0.0706. The first kappa shape index (κ1) is 21.9. The molecule has 5 rings (SSSR count). The monoisotopic (exact) mass is 449 g/mol. The average Bonchev–Trinajstić information content (AvgIpc) is 2.89. The highest BCUT2D eigenvalue weighted by atomic mass is 16.2. The van der Waals surface area contributed by atoms with Crippen LogP contribution < -0.4 is 0 Å². The van der Waals surface area contributed by atoms with E-state index in [0.29, 0.717) is 17.8 Å². The van der Waals surface area contributed by atoms with Crippen LogP contribution in [0.15, 0.2) is 79.5 Å². The van der Waals surface area contributed by atoms with Crippen molar-refractivity contribution in [2.24, 2.45) is 0 Å². The van der Waals surface area contributed by atoms with Crippen molar-refractivity contribution in [3.63, 3.8) is 0 Å². The van der Waals surface area contributed by atoms with Gasteiger partial charge in [-0.3, -0.25) is 14.8 Å². The van der Waals surface area contributed by atoms with Gasteiger partial charge < -0.3 is 4.90 Å². The van der Waals surface area contributed by atoms with Gasteiger partial charge in [0.25, 0.3) is 5.91 Å². The van der Waals surface area contributed by atoms with E-state index in [-0.39, 0.29) is 11.8 Å². The van der Waals surface area contributed by atoms with E-state index >= 15 is 0 Å². The van der Waals surface area contributed by atoms with Gasteiger partial charge in [0.05, 0.1) is 5.69 Å². The van der Waals surface area contributed by atoms with Crippen LogP contribution in [0.5, 0.6) is 0 Å². The molecule has 0 N–H and O–H groups in total. The SMILES string of the molecule is Cc1cccc(Cc2cccc(C3CCCN(C(=O)c4ccnc(-c5cncnc5)c4)C3)n2)c1. The Labute approximate surface area is 199 Å². The maximum Gasteiger partial charge on any atom is 0.254 e. The summed E-state index contributed by atoms with van der Waals surface area (Å²) in [6, 6.07) is 18.4. The van der Waals surface area contributed by atoms with Crippen LogP contribution in [0.1, 0.15) is 51.6 Å². The van der Waals surface area contributed by atoms with Crippen LogP contribution in [0.3, 0.4) is 0 Å². The number of benzene rings is 1. The minimum absolute atomic E-state index is 0.0288. The number of rotatable bonds is 5. The molecule has 4 aromatic rings. The molecule has 34 heavy (non-hydrogen) atoms. The van der Waals surface area contributed by atoms with Crippen LogP contribution in [-0.4, -0.2) is 43.8 Å². The average molecular weight is 450 g/mol. The summed E-state index contributed by atoms with van der Waals surface area (Å²) < 4.78 is 0. The lowest BCUT2D eigenvalue weighted by Crippen LogP contribution is -2.39. The highest BCUT2D eigenvalue weighted by Gasteiger charge is 2.26. The standard InChI is InChI=1S/C28H27N5O/c1-20-5-2-6-21(13-20)14-25-8-3-9-26(32-25)23-7-4-12-33(18-23)28(34)22-10-11-31-27(15-22)24-16-29-19-30-17-24/h2-3,5-6,8-11,13,15-17,19,23H,4,7,12,14,18H2,1H3. The maximum absolute atomic E-state index is 13.3. The van der Waals surface area contributed by atoms with E-state index in [0.717, 1.165) is 42.8 Å². The zero-order valence-corrected chi connectivity index (χ0v) is 19.3. The van der Waals surface area contributed by atoms with Crippen molar-refractivity contribution >= 4 is 5.91 Å². The molecule has 0 radical (unpaired) electrons. The zero-order valence-electron chi connectivity index (χ0n) is 19.3. The number of amides is 1. The number of aromatic nitrogens is 4. The number of pyridine rings is 2. The molecule has 4 heterocycles. The molecule has 6 heteroatoms. The predicted molar refractivity (Wildman–Crippen MR) is 131 cm³/mol. The number of hydrogen-bond acceptors (Lipinski definition) is 5. The van der Waals surface area contributed by atoms with Crippen molar-refractivity contribution in [3.05, 3.63) is 108 Å². The first-order chi connectivity index (χ1) is 16.7. The van der Waals surface area contributed by atoms with Gasteiger partial charge in [-0.15, -0.1) is 0 Å². The first-order valence-corrected chi connectivity index (χ1v) is 11.7. The Kier molecular flexibility index (Phi) is 6.38. The van der Waals surface area contributed by atoms with Crippen LogP contribution >= 0.6 is 0 Å². The van der Waals surface area contributed by atoms with Crippen molar-refractivity contribution in [1.82, 2.24) is 24.8 Å². The summed E-state index contributed by atoms with van der Waals surface area (Å²) in [7, 11) is 0. The van der Waals surface area contributed by atoms with Crippen molar-refractivity contribution in [2.45, 2.75) is 32.1 Å². The van der Waals surface area contributed by atoms with Crippen molar-refractivity contribution in [1.29, 1.82) is 0 Å². The minimum Gasteiger partial charge on any atom is -0.338 e. The molecule has 1 saturated heterocycles. The molecular weight excluding hydrogens is 422 g/mol. The van der Waals surface area contributed by atoms with Crippen LogP contribution in [-0.2, 0) is 6.42 Å². The molecule has 6 nitrogen and oxygen atoms in total. The van der Waals surface area contributed by atoms with Crippen LogP contribution in [0, 0.1) is 6.92 Å². The molecule has 1 unspecified atom stereocenters. The Bertz CT molecular complexity index is 1290. The molecule has 1 aliphatic heterocycles. The smallest absolute Gasteiger partial charge is 0.254 e. The van der Waals surface area contributed by atoms with Crippen molar-refractivity contribution < 1.29 is 4.79 Å². The van der Waals surface area contributed by atoms with E-state index < -0.39 is 0 Å². The van der Waals surface area contributed by atoms with E-state index in [1.807, 2.05) is 11.0 Å². The zero-order chi connectivity index (χ0) is 23.3. The second-order valence-corrected chi connectivity index (χ2v) is 8.87. The number of carbonyl (C=O) groups is 1. The van der Waals surface area contributed by atoms with E-state index in [1.165, 1.54) is 17.5 Å². The second kappa shape index (κ2) is 9.91. The Morgan fingerprint density at radius 2 is 1.91 bits per heavy atom. The number of likely N-dealkylation sites (tertiary alicyclic amines) is 1. The molecule has 1 atom stereocenters. The third kappa shape index (κ3) is 5.01. The summed E-state index contributed by atoms with van der Waals surface area (Å²) in [5.74, 6) is 0.264. The van der Waals surface area contributed by atoms with E-state index in [1.54, 1.807) is 24.7 Å². The van der Waals surface area contributed by atoms with Crippen LogP contribution in [0.4, 0.5) is 0 Å². The van der Waals surface area contributed by atoms with Gasteiger partial charge in [-0.25, -0.2) is 9.97 Å². The molecule has 0 saturated carbocycles. The third-order valence-corrected chi connectivity index (χ3v) is 6.29. The second-order valence-electron chi connectivity index (χ2n) is 8.87. The summed E-state index contributed by atoms with van der Waals surface area (Å²) in [4.78, 5) is 32.8. The number of hydrogen-bond donors (Lipinski definition) is 0. The molecule has 0 spiro atoms. The highest BCUT2D eigenvalue weighted by molar-refractivity contribution is 5.95. The molecular formula is C28H27N5O. The normalized spacial score (nSPS) is 15.8. The van der Waals surface area contributed by atoms with Gasteiger partial charge >= 0.3 is 0 Å². The fourth-order valence-corrected chi connectivity index (χ4v) is 4.59. The molecule has 3 aromatic heterocycles. The Morgan fingerprint density at radius 3 is 2.76 bits per heavy atom. The molecule has 170 valence electrons. The van der Waals surface area contributed by atoms with Crippen molar-refractivity contribution in [2.75, 3.05) is 13.1 Å². The topological polar surface area (TPSA) is 71.9 Å². The first-order valence-electron chi connectivity index (χ1n) is 11.7. The van der Waals surface area contributed by atoms with E-state index in [2.05, 4.69) is 64.3 Å². The van der Waals surface area contributed by atoms with Crippen molar-refractivity contribution in [3.8, 4) is 11.3 Å². The number of nitrogens with zero attached hydrogens (tertiary/aromatic N) is 5. The lowest BCUT2D eigenvalue weighted by atomic mass is 9.93.